The number of H-pyrrole nitrogens is 1. The average Bonchev–Trinajstić information content (AvgIpc) is 3.62. The monoisotopic (exact) mass is 527 g/mol. The molecule has 0 bridgehead atoms. The number of sulfonamides is 1. The van der Waals surface area contributed by atoms with Gasteiger partial charge in [-0.1, -0.05) is 12.1 Å². The summed E-state index contributed by atoms with van der Waals surface area (Å²) in [6.07, 6.45) is 4.79. The van der Waals surface area contributed by atoms with Gasteiger partial charge in [-0.3, -0.25) is 10.00 Å². The highest BCUT2D eigenvalue weighted by atomic mass is 32.2. The summed E-state index contributed by atoms with van der Waals surface area (Å²) in [5.74, 6) is 1.61. The number of morpholine rings is 1. The Labute approximate surface area is 213 Å². The van der Waals surface area contributed by atoms with E-state index in [1.807, 2.05) is 24.4 Å². The van der Waals surface area contributed by atoms with Gasteiger partial charge in [0.1, 0.15) is 0 Å². The van der Waals surface area contributed by atoms with Crippen LogP contribution in [0.3, 0.4) is 0 Å². The molecule has 0 spiro atoms. The summed E-state index contributed by atoms with van der Waals surface area (Å²) >= 11 is 1.70. The number of nitrogens with zero attached hydrogens (tertiary/aromatic N) is 6. The maximum Gasteiger partial charge on any atom is 0.212 e. The van der Waals surface area contributed by atoms with Crippen LogP contribution < -0.4 is 4.90 Å². The Hall–Kier alpha value is -2.64. The molecule has 4 aromatic rings. The lowest BCUT2D eigenvalue weighted by molar-refractivity contribution is 0.122. The number of likely N-dealkylation sites (tertiary alicyclic amines) is 1. The van der Waals surface area contributed by atoms with Gasteiger partial charge in [0.25, 0.3) is 0 Å². The molecule has 2 saturated heterocycles. The third-order valence-electron chi connectivity index (χ3n) is 7.07. The van der Waals surface area contributed by atoms with Gasteiger partial charge >= 0.3 is 0 Å². The number of nitrogens with one attached hydrogen (secondary N) is 1. The highest BCUT2D eigenvalue weighted by Gasteiger charge is 2.33. The van der Waals surface area contributed by atoms with Crippen molar-refractivity contribution in [2.75, 3.05) is 51.1 Å². The van der Waals surface area contributed by atoms with Gasteiger partial charge < -0.3 is 9.64 Å². The lowest BCUT2D eigenvalue weighted by atomic mass is 10.1. The molecule has 10 nitrogen and oxygen atoms in total. The van der Waals surface area contributed by atoms with E-state index >= 15 is 0 Å². The van der Waals surface area contributed by atoms with E-state index in [1.165, 1.54) is 10.6 Å². The van der Waals surface area contributed by atoms with Crippen LogP contribution in [-0.4, -0.2) is 90.1 Å². The molecule has 2 fully saturated rings. The summed E-state index contributed by atoms with van der Waals surface area (Å²) in [5.41, 5.74) is 2.80. The van der Waals surface area contributed by atoms with Crippen molar-refractivity contribution in [3.63, 3.8) is 0 Å². The highest BCUT2D eigenvalue weighted by Crippen LogP contribution is 2.37. The van der Waals surface area contributed by atoms with Gasteiger partial charge in [-0.25, -0.2) is 18.4 Å². The van der Waals surface area contributed by atoms with Crippen LogP contribution in [-0.2, 0) is 21.3 Å². The van der Waals surface area contributed by atoms with Crippen LogP contribution in [0.4, 0.5) is 5.82 Å². The fourth-order valence-corrected chi connectivity index (χ4v) is 6.96. The first-order valence-electron chi connectivity index (χ1n) is 12.1. The summed E-state index contributed by atoms with van der Waals surface area (Å²) in [4.78, 5) is 15.8. The van der Waals surface area contributed by atoms with Crippen molar-refractivity contribution in [1.29, 1.82) is 0 Å². The Kier molecular flexibility index (Phi) is 6.16. The first-order valence-corrected chi connectivity index (χ1v) is 14.8. The molecule has 0 amide bonds. The number of aromatic amines is 1. The zero-order valence-corrected chi connectivity index (χ0v) is 22.0. The largest absolute Gasteiger partial charge is 0.378 e. The van der Waals surface area contributed by atoms with Crippen molar-refractivity contribution in [1.82, 2.24) is 29.4 Å². The van der Waals surface area contributed by atoms with Crippen molar-refractivity contribution >= 4 is 48.3 Å². The first-order chi connectivity index (χ1) is 17.4. The second-order valence-electron chi connectivity index (χ2n) is 9.41. The number of benzene rings is 1. The molecule has 1 unspecified atom stereocenters. The van der Waals surface area contributed by atoms with E-state index in [0.717, 1.165) is 69.9 Å². The second kappa shape index (κ2) is 9.34. The highest BCUT2D eigenvalue weighted by molar-refractivity contribution is 7.88. The maximum atomic E-state index is 12.2. The Morgan fingerprint density at radius 3 is 2.86 bits per heavy atom. The third-order valence-corrected chi connectivity index (χ3v) is 9.47. The Morgan fingerprint density at radius 2 is 2.06 bits per heavy atom. The lowest BCUT2D eigenvalue weighted by Gasteiger charge is -2.30. The molecule has 1 atom stereocenters. The number of fused-ring (bicyclic) bond motifs is 2. The van der Waals surface area contributed by atoms with Gasteiger partial charge in [-0.2, -0.15) is 9.40 Å². The minimum Gasteiger partial charge on any atom is -0.378 e. The van der Waals surface area contributed by atoms with Crippen LogP contribution in [0, 0.1) is 0 Å². The van der Waals surface area contributed by atoms with Gasteiger partial charge in [-0.15, -0.1) is 11.3 Å². The van der Waals surface area contributed by atoms with Gasteiger partial charge in [-0.05, 0) is 25.0 Å². The van der Waals surface area contributed by atoms with Crippen molar-refractivity contribution < 1.29 is 13.2 Å². The molecular weight excluding hydrogens is 498 g/mol. The summed E-state index contributed by atoms with van der Waals surface area (Å²) < 4.78 is 32.5. The Bertz CT molecular complexity index is 1510. The predicted molar refractivity (Wildman–Crippen MR) is 142 cm³/mol. The molecule has 3 aromatic heterocycles. The summed E-state index contributed by atoms with van der Waals surface area (Å²) in [7, 11) is -1.59. The number of hydrogen-bond acceptors (Lipinski definition) is 9. The number of thiophene rings is 1. The van der Waals surface area contributed by atoms with Crippen LogP contribution in [0.15, 0.2) is 30.5 Å². The number of anilines is 1. The van der Waals surface area contributed by atoms with E-state index in [1.54, 1.807) is 18.4 Å². The number of ether oxygens (including phenoxy) is 1. The molecule has 2 aliphatic rings. The molecule has 0 aliphatic carbocycles. The molecule has 5 heterocycles. The number of hydrogen-bond donors (Lipinski definition) is 1. The van der Waals surface area contributed by atoms with Gasteiger partial charge in [0, 0.05) is 49.1 Å². The van der Waals surface area contributed by atoms with Gasteiger partial charge in [0.05, 0.1) is 47.6 Å². The molecule has 190 valence electrons. The van der Waals surface area contributed by atoms with Gasteiger partial charge in [0.2, 0.25) is 10.0 Å². The molecule has 0 saturated carbocycles. The molecule has 1 aromatic carbocycles. The number of rotatable bonds is 6. The molecule has 1 N–H and O–H groups in total. The molecule has 2 aliphatic heterocycles. The van der Waals surface area contributed by atoms with Crippen LogP contribution in [0.5, 0.6) is 0 Å². The summed E-state index contributed by atoms with van der Waals surface area (Å²) in [5, 5.41) is 8.22. The lowest BCUT2D eigenvalue weighted by Crippen LogP contribution is -2.44. The zero-order valence-electron chi connectivity index (χ0n) is 20.3. The molecule has 0 radical (unpaired) electrons. The van der Waals surface area contributed by atoms with E-state index < -0.39 is 10.0 Å². The van der Waals surface area contributed by atoms with E-state index in [9.17, 15) is 8.42 Å². The topological polar surface area (TPSA) is 108 Å². The zero-order chi connectivity index (χ0) is 24.9. The fourth-order valence-electron chi connectivity index (χ4n) is 5.14. The Balaban J connectivity index is 1.41. The SMILES string of the molecule is CN(C1CCCN1Cc1cc2nc(-c3cccc4[nH]ncc34)nc(N3CCOCC3)c2s1)S(C)(=O)=O. The third kappa shape index (κ3) is 4.37. The van der Waals surface area contributed by atoms with Crippen LogP contribution in [0.1, 0.15) is 17.7 Å². The van der Waals surface area contributed by atoms with Crippen molar-refractivity contribution in [3.05, 3.63) is 35.3 Å². The summed E-state index contributed by atoms with van der Waals surface area (Å²) in [6.45, 7) is 4.45. The van der Waals surface area contributed by atoms with E-state index in [2.05, 4.69) is 26.1 Å². The fraction of sp³-hybridized carbons (Fsp3) is 0.458. The summed E-state index contributed by atoms with van der Waals surface area (Å²) in [6, 6.07) is 8.16. The first kappa shape index (κ1) is 23.7. The Morgan fingerprint density at radius 1 is 1.22 bits per heavy atom. The molecule has 36 heavy (non-hydrogen) atoms. The van der Waals surface area contributed by atoms with E-state index in [4.69, 9.17) is 14.7 Å². The molecule has 12 heteroatoms. The smallest absolute Gasteiger partial charge is 0.212 e. The molecular formula is C24H29N7O3S2. The minimum absolute atomic E-state index is 0.121. The van der Waals surface area contributed by atoms with Crippen LogP contribution >= 0.6 is 11.3 Å². The second-order valence-corrected chi connectivity index (χ2v) is 12.6. The van der Waals surface area contributed by atoms with Gasteiger partial charge in [0.15, 0.2) is 11.6 Å². The average molecular weight is 528 g/mol. The van der Waals surface area contributed by atoms with E-state index in [0.29, 0.717) is 25.6 Å². The van der Waals surface area contributed by atoms with Crippen molar-refractivity contribution in [3.8, 4) is 11.4 Å². The van der Waals surface area contributed by atoms with Crippen molar-refractivity contribution in [2.45, 2.75) is 25.6 Å². The van der Waals surface area contributed by atoms with E-state index in [-0.39, 0.29) is 6.17 Å². The number of aromatic nitrogens is 4. The van der Waals surface area contributed by atoms with Crippen LogP contribution in [0.25, 0.3) is 32.5 Å². The maximum absolute atomic E-state index is 12.2. The minimum atomic E-state index is -3.26. The standard InChI is InChI=1S/C24H29N7O3S2/c1-29(36(2,32)33)21-7-4-8-31(21)15-16-13-20-22(35-16)24(30-9-11-34-12-10-30)27-23(26-20)17-5-3-6-19-18(17)14-25-28-19/h3,5-6,13-14,21H,4,7-12,15H2,1-2H3,(H,25,28). The predicted octanol–water partition coefficient (Wildman–Crippen LogP) is 2.88. The van der Waals surface area contributed by atoms with Crippen molar-refractivity contribution in [2.24, 2.45) is 0 Å². The van der Waals surface area contributed by atoms with Crippen LogP contribution in [0.2, 0.25) is 0 Å². The quantitative estimate of drug-likeness (QED) is 0.408. The molecule has 6 rings (SSSR count). The normalized spacial score (nSPS) is 19.8.